The Kier molecular flexibility index (Phi) is 5.90. The molecule has 0 aliphatic heterocycles. The molecule has 0 bridgehead atoms. The molecule has 19 heavy (non-hydrogen) atoms. The van der Waals surface area contributed by atoms with E-state index in [4.69, 9.17) is 4.74 Å². The maximum atomic E-state index is 12.8. The Morgan fingerprint density at radius 3 is 2.42 bits per heavy atom. The van der Waals surface area contributed by atoms with E-state index in [1.54, 1.807) is 0 Å². The normalized spacial score (nSPS) is 11.9. The fraction of sp³-hybridized carbons (Fsp3) is 0.500. The van der Waals surface area contributed by atoms with E-state index in [2.05, 4.69) is 12.6 Å². The third kappa shape index (κ3) is 4.89. The van der Waals surface area contributed by atoms with Gasteiger partial charge < -0.3 is 4.74 Å². The van der Waals surface area contributed by atoms with Crippen molar-refractivity contribution in [3.8, 4) is 5.75 Å². The molecule has 0 saturated carbocycles. The average molecular weight is 300 g/mol. The third-order valence-corrected chi connectivity index (χ3v) is 2.70. The predicted molar refractivity (Wildman–Crippen MR) is 65.1 cm³/mol. The maximum Gasteiger partial charge on any atom is 0.416 e. The van der Waals surface area contributed by atoms with Gasteiger partial charge in [0.05, 0.1) is 5.56 Å². The number of alkyl halides is 5. The summed E-state index contributed by atoms with van der Waals surface area (Å²) in [5.74, 6) is 0.262. The highest BCUT2D eigenvalue weighted by atomic mass is 32.1. The molecule has 0 amide bonds. The molecule has 1 nitrogen and oxygen atoms in total. The Hall–Kier alpha value is -0.980. The Balaban J connectivity index is 3.07. The van der Waals surface area contributed by atoms with Gasteiger partial charge in [-0.25, -0.2) is 8.78 Å². The highest BCUT2D eigenvalue weighted by Gasteiger charge is 2.34. The molecule has 0 aliphatic rings. The van der Waals surface area contributed by atoms with Crippen LogP contribution < -0.4 is 4.74 Å². The largest absolute Gasteiger partial charge is 0.487 e. The molecule has 1 rings (SSSR count). The lowest BCUT2D eigenvalue weighted by Gasteiger charge is -2.17. The first-order valence-electron chi connectivity index (χ1n) is 5.57. The van der Waals surface area contributed by atoms with Crippen molar-refractivity contribution >= 4 is 12.6 Å². The lowest BCUT2D eigenvalue weighted by atomic mass is 10.0. The number of ether oxygens (including phenoxy) is 1. The van der Waals surface area contributed by atoms with E-state index < -0.39 is 24.8 Å². The molecule has 1 aromatic rings. The van der Waals surface area contributed by atoms with Crippen LogP contribution in [0.4, 0.5) is 22.0 Å². The molecule has 0 radical (unpaired) electrons. The maximum absolute atomic E-state index is 12.8. The minimum absolute atomic E-state index is 0.0811. The Bertz CT molecular complexity index is 406. The standard InChI is InChI=1S/C12H13F5OS/c13-11(14)7-18-10-5-1-4-9(12(15,16)17)8(10)3-2-6-19/h1,4-5,11,19H,2-3,6-7H2. The van der Waals surface area contributed by atoms with Gasteiger partial charge in [0, 0.05) is 5.56 Å². The molecule has 0 N–H and O–H groups in total. The van der Waals surface area contributed by atoms with Crippen LogP contribution in [0.15, 0.2) is 18.2 Å². The number of hydrogen-bond acceptors (Lipinski definition) is 2. The summed E-state index contributed by atoms with van der Waals surface area (Å²) in [5, 5.41) is 0. The second-order valence-electron chi connectivity index (χ2n) is 3.81. The van der Waals surface area contributed by atoms with Crippen LogP contribution in [0.25, 0.3) is 0 Å². The zero-order valence-corrected chi connectivity index (χ0v) is 10.8. The first-order valence-corrected chi connectivity index (χ1v) is 6.20. The molecule has 0 unspecified atom stereocenters. The summed E-state index contributed by atoms with van der Waals surface area (Å²) in [6.45, 7) is -0.921. The van der Waals surface area contributed by atoms with Crippen LogP contribution in [0.5, 0.6) is 5.75 Å². The summed E-state index contributed by atoms with van der Waals surface area (Å²) < 4.78 is 67.4. The van der Waals surface area contributed by atoms with Gasteiger partial charge in [0.25, 0.3) is 6.43 Å². The van der Waals surface area contributed by atoms with Gasteiger partial charge in [0.2, 0.25) is 0 Å². The highest BCUT2D eigenvalue weighted by molar-refractivity contribution is 7.80. The third-order valence-electron chi connectivity index (χ3n) is 2.39. The van der Waals surface area contributed by atoms with Gasteiger partial charge >= 0.3 is 6.18 Å². The SMILES string of the molecule is FC(F)COc1cccc(C(F)(F)F)c1CCCS. The fourth-order valence-corrected chi connectivity index (χ4v) is 1.79. The van der Waals surface area contributed by atoms with Gasteiger partial charge in [0.15, 0.2) is 0 Å². The first kappa shape index (κ1) is 16.1. The zero-order chi connectivity index (χ0) is 14.5. The average Bonchev–Trinajstić information content (AvgIpc) is 2.32. The van der Waals surface area contributed by atoms with Crippen molar-refractivity contribution in [1.82, 2.24) is 0 Å². The summed E-state index contributed by atoms with van der Waals surface area (Å²) in [7, 11) is 0. The molecule has 0 aromatic heterocycles. The van der Waals surface area contributed by atoms with Gasteiger partial charge in [-0.05, 0) is 30.7 Å². The van der Waals surface area contributed by atoms with E-state index in [-0.39, 0.29) is 17.7 Å². The number of thiol groups is 1. The number of hydrogen-bond donors (Lipinski definition) is 1. The van der Waals surface area contributed by atoms with Gasteiger partial charge in [-0.2, -0.15) is 25.8 Å². The molecule has 0 atom stereocenters. The van der Waals surface area contributed by atoms with E-state index in [1.807, 2.05) is 0 Å². The molecule has 0 fully saturated rings. The van der Waals surface area contributed by atoms with Crippen LogP contribution in [-0.2, 0) is 12.6 Å². The molecular formula is C12H13F5OS. The number of benzene rings is 1. The van der Waals surface area contributed by atoms with Crippen molar-refractivity contribution in [2.45, 2.75) is 25.4 Å². The van der Waals surface area contributed by atoms with Crippen LogP contribution in [-0.4, -0.2) is 18.8 Å². The Labute approximate surface area is 113 Å². The van der Waals surface area contributed by atoms with Gasteiger partial charge in [-0.3, -0.25) is 0 Å². The van der Waals surface area contributed by atoms with E-state index in [0.29, 0.717) is 12.2 Å². The monoisotopic (exact) mass is 300 g/mol. The summed E-state index contributed by atoms with van der Waals surface area (Å²) in [5.41, 5.74) is -0.939. The van der Waals surface area contributed by atoms with Crippen LogP contribution in [0, 0.1) is 0 Å². The molecule has 0 saturated heterocycles. The zero-order valence-electron chi connectivity index (χ0n) is 9.88. The summed E-state index contributed by atoms with van der Waals surface area (Å²) in [4.78, 5) is 0. The molecule has 108 valence electrons. The van der Waals surface area contributed by atoms with Gasteiger partial charge in [0.1, 0.15) is 12.4 Å². The summed E-state index contributed by atoms with van der Waals surface area (Å²) >= 11 is 3.93. The number of halogens is 5. The minimum atomic E-state index is -4.53. The Morgan fingerprint density at radius 1 is 1.21 bits per heavy atom. The van der Waals surface area contributed by atoms with Crippen molar-refractivity contribution < 1.29 is 26.7 Å². The molecule has 7 heteroatoms. The second-order valence-corrected chi connectivity index (χ2v) is 4.26. The van der Waals surface area contributed by atoms with Crippen LogP contribution >= 0.6 is 12.6 Å². The van der Waals surface area contributed by atoms with Crippen LogP contribution in [0.3, 0.4) is 0 Å². The molecule has 0 spiro atoms. The molecule has 0 heterocycles. The molecule has 1 aromatic carbocycles. The van der Waals surface area contributed by atoms with E-state index >= 15 is 0 Å². The molecular weight excluding hydrogens is 287 g/mol. The summed E-state index contributed by atoms with van der Waals surface area (Å²) in [6, 6.07) is 3.34. The van der Waals surface area contributed by atoms with Crippen molar-refractivity contribution in [3.63, 3.8) is 0 Å². The quantitative estimate of drug-likeness (QED) is 0.611. The van der Waals surface area contributed by atoms with E-state index in [9.17, 15) is 22.0 Å². The van der Waals surface area contributed by atoms with Gasteiger partial charge in [-0.15, -0.1) is 0 Å². The lowest BCUT2D eigenvalue weighted by Crippen LogP contribution is -2.13. The first-order chi connectivity index (χ1) is 8.86. The van der Waals surface area contributed by atoms with Gasteiger partial charge in [-0.1, -0.05) is 6.07 Å². The van der Waals surface area contributed by atoms with E-state index in [1.165, 1.54) is 6.07 Å². The minimum Gasteiger partial charge on any atom is -0.487 e. The van der Waals surface area contributed by atoms with Crippen molar-refractivity contribution in [2.75, 3.05) is 12.4 Å². The summed E-state index contributed by atoms with van der Waals surface area (Å²) in [6.07, 6.45) is -6.78. The van der Waals surface area contributed by atoms with Crippen LogP contribution in [0.2, 0.25) is 0 Å². The van der Waals surface area contributed by atoms with Crippen LogP contribution in [0.1, 0.15) is 17.5 Å². The van der Waals surface area contributed by atoms with Crippen molar-refractivity contribution in [1.29, 1.82) is 0 Å². The van der Waals surface area contributed by atoms with Crippen molar-refractivity contribution in [3.05, 3.63) is 29.3 Å². The second kappa shape index (κ2) is 6.98. The number of rotatable bonds is 6. The van der Waals surface area contributed by atoms with Crippen molar-refractivity contribution in [2.24, 2.45) is 0 Å². The smallest absolute Gasteiger partial charge is 0.416 e. The molecule has 0 aliphatic carbocycles. The van der Waals surface area contributed by atoms with E-state index in [0.717, 1.165) is 12.1 Å². The highest BCUT2D eigenvalue weighted by Crippen LogP contribution is 2.36. The Morgan fingerprint density at radius 2 is 1.89 bits per heavy atom. The lowest BCUT2D eigenvalue weighted by molar-refractivity contribution is -0.138. The fourth-order valence-electron chi connectivity index (χ4n) is 1.63. The topological polar surface area (TPSA) is 9.23 Å². The predicted octanol–water partition coefficient (Wildman–Crippen LogP) is 4.21.